The summed E-state index contributed by atoms with van der Waals surface area (Å²) >= 11 is 0. The fourth-order valence-electron chi connectivity index (χ4n) is 2.25. The first-order chi connectivity index (χ1) is 10.1. The van der Waals surface area contributed by atoms with Gasteiger partial charge in [-0.15, -0.1) is 0 Å². The van der Waals surface area contributed by atoms with Crippen LogP contribution in [0.1, 0.15) is 57.9 Å². The van der Waals surface area contributed by atoms with Crippen molar-refractivity contribution in [1.82, 2.24) is 5.32 Å². The zero-order chi connectivity index (χ0) is 15.5. The van der Waals surface area contributed by atoms with Crippen LogP contribution in [0.25, 0.3) is 0 Å². The Kier molecular flexibility index (Phi) is 8.56. The molecular weight excluding hydrogens is 262 g/mol. The van der Waals surface area contributed by atoms with Crippen LogP contribution in [0.4, 0.5) is 0 Å². The maximum absolute atomic E-state index is 11.8. The van der Waals surface area contributed by atoms with E-state index >= 15 is 0 Å². The number of aryl methyl sites for hydroxylation is 1. The maximum atomic E-state index is 11.8. The van der Waals surface area contributed by atoms with Crippen LogP contribution in [0.5, 0.6) is 5.75 Å². The van der Waals surface area contributed by atoms with E-state index in [0.29, 0.717) is 13.0 Å². The lowest BCUT2D eigenvalue weighted by Gasteiger charge is -2.14. The molecule has 1 aromatic rings. The summed E-state index contributed by atoms with van der Waals surface area (Å²) in [7, 11) is 0. The molecule has 1 aromatic carbocycles. The minimum atomic E-state index is 0.132. The molecule has 0 aromatic heterocycles. The molecule has 0 bridgehead atoms. The zero-order valence-corrected chi connectivity index (χ0v) is 13.7. The van der Waals surface area contributed by atoms with Gasteiger partial charge in [-0.1, -0.05) is 44.4 Å². The van der Waals surface area contributed by atoms with E-state index in [4.69, 9.17) is 4.74 Å². The molecule has 21 heavy (non-hydrogen) atoms. The normalized spacial score (nSPS) is 12.0. The molecule has 0 aliphatic carbocycles. The number of carbonyl (C=O) groups is 1. The van der Waals surface area contributed by atoms with Gasteiger partial charge in [0.05, 0.1) is 6.61 Å². The van der Waals surface area contributed by atoms with E-state index in [-0.39, 0.29) is 11.9 Å². The van der Waals surface area contributed by atoms with Crippen LogP contribution in [0.15, 0.2) is 24.3 Å². The van der Waals surface area contributed by atoms with Crippen molar-refractivity contribution in [3.63, 3.8) is 0 Å². The van der Waals surface area contributed by atoms with Gasteiger partial charge >= 0.3 is 0 Å². The van der Waals surface area contributed by atoms with Crippen LogP contribution in [0, 0.1) is 6.92 Å². The highest BCUT2D eigenvalue weighted by Gasteiger charge is 2.07. The molecule has 1 N–H and O–H groups in total. The molecule has 0 fully saturated rings. The molecule has 3 heteroatoms. The molecule has 0 saturated carbocycles. The van der Waals surface area contributed by atoms with Gasteiger partial charge < -0.3 is 10.1 Å². The van der Waals surface area contributed by atoms with E-state index in [2.05, 4.69) is 19.2 Å². The van der Waals surface area contributed by atoms with Crippen molar-refractivity contribution in [1.29, 1.82) is 0 Å². The van der Waals surface area contributed by atoms with Crippen LogP contribution >= 0.6 is 0 Å². The fourth-order valence-corrected chi connectivity index (χ4v) is 2.25. The highest BCUT2D eigenvalue weighted by Crippen LogP contribution is 2.16. The second kappa shape index (κ2) is 10.3. The van der Waals surface area contributed by atoms with E-state index in [0.717, 1.165) is 24.2 Å². The predicted octanol–water partition coefficient (Wildman–Crippen LogP) is 4.24. The van der Waals surface area contributed by atoms with Gasteiger partial charge in [-0.05, 0) is 38.3 Å². The van der Waals surface area contributed by atoms with Crippen LogP contribution in [-0.2, 0) is 4.79 Å². The molecule has 1 rings (SSSR count). The molecule has 0 aliphatic rings. The topological polar surface area (TPSA) is 38.3 Å². The first kappa shape index (κ1) is 17.5. The van der Waals surface area contributed by atoms with Crippen LogP contribution in [0.2, 0.25) is 0 Å². The Hall–Kier alpha value is -1.51. The molecule has 1 unspecified atom stereocenters. The van der Waals surface area contributed by atoms with Crippen molar-refractivity contribution >= 4 is 5.91 Å². The molecule has 1 amide bonds. The molecule has 1 atom stereocenters. The highest BCUT2D eigenvalue weighted by molar-refractivity contribution is 5.76. The third-order valence-electron chi connectivity index (χ3n) is 3.55. The second-order valence-corrected chi connectivity index (χ2v) is 5.68. The predicted molar refractivity (Wildman–Crippen MR) is 87.7 cm³/mol. The summed E-state index contributed by atoms with van der Waals surface area (Å²) in [5.41, 5.74) is 1.13. The largest absolute Gasteiger partial charge is 0.493 e. The standard InChI is InChI=1S/C18H29NO2/c1-4-5-6-11-16(3)19-18(20)13-9-14-21-17-12-8-7-10-15(17)2/h7-8,10,12,16H,4-6,9,11,13-14H2,1-3H3,(H,19,20). The van der Waals surface area contributed by atoms with Crippen molar-refractivity contribution in [2.24, 2.45) is 0 Å². The number of rotatable bonds is 10. The third kappa shape index (κ3) is 7.74. The smallest absolute Gasteiger partial charge is 0.220 e. The van der Waals surface area contributed by atoms with Gasteiger partial charge in [0.1, 0.15) is 5.75 Å². The SMILES string of the molecule is CCCCCC(C)NC(=O)CCCOc1ccccc1C. The number of ether oxygens (including phenoxy) is 1. The summed E-state index contributed by atoms with van der Waals surface area (Å²) in [4.78, 5) is 11.8. The Balaban J connectivity index is 2.12. The van der Waals surface area contributed by atoms with Gasteiger partial charge in [-0.2, -0.15) is 0 Å². The summed E-state index contributed by atoms with van der Waals surface area (Å²) in [6.07, 6.45) is 6.00. The zero-order valence-electron chi connectivity index (χ0n) is 13.7. The van der Waals surface area contributed by atoms with E-state index in [1.807, 2.05) is 31.2 Å². The van der Waals surface area contributed by atoms with E-state index < -0.39 is 0 Å². The average Bonchev–Trinajstić information content (AvgIpc) is 2.45. The van der Waals surface area contributed by atoms with E-state index in [9.17, 15) is 4.79 Å². The monoisotopic (exact) mass is 291 g/mol. The quantitative estimate of drug-likeness (QED) is 0.655. The highest BCUT2D eigenvalue weighted by atomic mass is 16.5. The van der Waals surface area contributed by atoms with Crippen molar-refractivity contribution in [2.75, 3.05) is 6.61 Å². The van der Waals surface area contributed by atoms with Crippen molar-refractivity contribution in [3.05, 3.63) is 29.8 Å². The minimum absolute atomic E-state index is 0.132. The number of nitrogens with one attached hydrogen (secondary N) is 1. The number of hydrogen-bond donors (Lipinski definition) is 1. The minimum Gasteiger partial charge on any atom is -0.493 e. The van der Waals surface area contributed by atoms with Gasteiger partial charge in [0.15, 0.2) is 0 Å². The van der Waals surface area contributed by atoms with Gasteiger partial charge in [0.25, 0.3) is 0 Å². The van der Waals surface area contributed by atoms with Crippen molar-refractivity contribution in [2.45, 2.75) is 65.3 Å². The first-order valence-electron chi connectivity index (χ1n) is 8.11. The second-order valence-electron chi connectivity index (χ2n) is 5.68. The molecular formula is C18H29NO2. The number of carbonyl (C=O) groups excluding carboxylic acids is 1. The van der Waals surface area contributed by atoms with Crippen LogP contribution in [-0.4, -0.2) is 18.6 Å². The Morgan fingerprint density at radius 1 is 1.24 bits per heavy atom. The number of amides is 1. The van der Waals surface area contributed by atoms with Gasteiger partial charge in [-0.25, -0.2) is 0 Å². The Morgan fingerprint density at radius 3 is 2.71 bits per heavy atom. The number of para-hydroxylation sites is 1. The van der Waals surface area contributed by atoms with Crippen LogP contribution in [0.3, 0.4) is 0 Å². The van der Waals surface area contributed by atoms with Crippen molar-refractivity contribution < 1.29 is 9.53 Å². The molecule has 0 saturated heterocycles. The Labute approximate surface area is 129 Å². The summed E-state index contributed by atoms with van der Waals surface area (Å²) in [5, 5.41) is 3.05. The van der Waals surface area contributed by atoms with Crippen molar-refractivity contribution in [3.8, 4) is 5.75 Å². The lowest BCUT2D eigenvalue weighted by molar-refractivity contribution is -0.121. The number of unbranched alkanes of at least 4 members (excludes halogenated alkanes) is 2. The molecule has 0 spiro atoms. The summed E-state index contributed by atoms with van der Waals surface area (Å²) in [5.74, 6) is 1.04. The maximum Gasteiger partial charge on any atom is 0.220 e. The lowest BCUT2D eigenvalue weighted by atomic mass is 10.1. The molecule has 0 aliphatic heterocycles. The number of benzene rings is 1. The summed E-state index contributed by atoms with van der Waals surface area (Å²) in [6, 6.07) is 8.23. The Morgan fingerprint density at radius 2 is 2.00 bits per heavy atom. The average molecular weight is 291 g/mol. The van der Waals surface area contributed by atoms with Gasteiger partial charge in [-0.3, -0.25) is 4.79 Å². The molecule has 118 valence electrons. The fraction of sp³-hybridized carbons (Fsp3) is 0.611. The molecule has 3 nitrogen and oxygen atoms in total. The Bertz CT molecular complexity index is 417. The third-order valence-corrected chi connectivity index (χ3v) is 3.55. The molecule has 0 heterocycles. The lowest BCUT2D eigenvalue weighted by Crippen LogP contribution is -2.32. The molecule has 0 radical (unpaired) electrons. The first-order valence-corrected chi connectivity index (χ1v) is 8.11. The van der Waals surface area contributed by atoms with E-state index in [1.165, 1.54) is 19.3 Å². The van der Waals surface area contributed by atoms with E-state index in [1.54, 1.807) is 0 Å². The number of hydrogen-bond acceptors (Lipinski definition) is 2. The summed E-state index contributed by atoms with van der Waals surface area (Å²) in [6.45, 7) is 6.89. The van der Waals surface area contributed by atoms with Gasteiger partial charge in [0.2, 0.25) is 5.91 Å². The summed E-state index contributed by atoms with van der Waals surface area (Å²) < 4.78 is 5.69. The van der Waals surface area contributed by atoms with Gasteiger partial charge in [0, 0.05) is 12.5 Å². The van der Waals surface area contributed by atoms with Crippen LogP contribution < -0.4 is 10.1 Å².